The molecule has 0 aliphatic carbocycles. The third-order valence-electron chi connectivity index (χ3n) is 2.38. The second-order valence-electron chi connectivity index (χ2n) is 4.29. The van der Waals surface area contributed by atoms with E-state index in [2.05, 4.69) is 30.7 Å². The maximum absolute atomic E-state index is 5.94. The number of hydrogen-bond acceptors (Lipinski definition) is 3. The molecule has 0 saturated carbocycles. The van der Waals surface area contributed by atoms with Gasteiger partial charge in [0.1, 0.15) is 0 Å². The maximum Gasteiger partial charge on any atom is 0.191 e. The lowest BCUT2D eigenvalue weighted by molar-refractivity contribution is 0.00531. The molecule has 1 heterocycles. The number of aliphatic imine (C=N–C) groups is 1. The molecule has 0 bridgehead atoms. The van der Waals surface area contributed by atoms with Crippen LogP contribution in [0, 0.1) is 0 Å². The molecule has 0 radical (unpaired) electrons. The second kappa shape index (κ2) is 9.27. The first kappa shape index (κ1) is 17.3. The zero-order valence-corrected chi connectivity index (χ0v) is 14.0. The van der Waals surface area contributed by atoms with Gasteiger partial charge in [0.05, 0.1) is 19.3 Å². The van der Waals surface area contributed by atoms with Crippen LogP contribution < -0.4 is 5.73 Å². The van der Waals surface area contributed by atoms with Crippen molar-refractivity contribution in [1.29, 1.82) is 0 Å². The van der Waals surface area contributed by atoms with Gasteiger partial charge in [0.25, 0.3) is 0 Å². The van der Waals surface area contributed by atoms with Crippen LogP contribution in [-0.2, 0) is 4.74 Å². The molecule has 1 aliphatic heterocycles. The molecular formula is C11H24IN3OS. The minimum absolute atomic E-state index is 0. The van der Waals surface area contributed by atoms with E-state index < -0.39 is 0 Å². The fourth-order valence-electron chi connectivity index (χ4n) is 1.58. The Balaban J connectivity index is 0.00000256. The average Bonchev–Trinajstić information content (AvgIpc) is 2.24. The number of halogens is 1. The van der Waals surface area contributed by atoms with Gasteiger partial charge in [-0.2, -0.15) is 11.8 Å². The Bertz CT molecular complexity index is 239. The molecule has 0 aromatic heterocycles. The molecule has 0 aromatic rings. The highest BCUT2D eigenvalue weighted by molar-refractivity contribution is 14.0. The van der Waals surface area contributed by atoms with Crippen molar-refractivity contribution in [3.63, 3.8) is 0 Å². The molecule has 2 N–H and O–H groups in total. The van der Waals surface area contributed by atoms with E-state index in [1.807, 2.05) is 11.8 Å². The van der Waals surface area contributed by atoms with Crippen molar-refractivity contribution in [3.8, 4) is 0 Å². The van der Waals surface area contributed by atoms with E-state index in [1.165, 1.54) is 0 Å². The third kappa shape index (κ3) is 7.35. The lowest BCUT2D eigenvalue weighted by Crippen LogP contribution is -2.48. The summed E-state index contributed by atoms with van der Waals surface area (Å²) in [5.74, 6) is 1.71. The summed E-state index contributed by atoms with van der Waals surface area (Å²) >= 11 is 1.91. The molecule has 1 rings (SSSR count). The van der Waals surface area contributed by atoms with Gasteiger partial charge in [0.2, 0.25) is 0 Å². The van der Waals surface area contributed by atoms with Crippen molar-refractivity contribution in [3.05, 3.63) is 0 Å². The van der Waals surface area contributed by atoms with Crippen LogP contribution >= 0.6 is 35.7 Å². The SMILES string of the molecule is CC1CN(C(N)=NCCSC(C)C)CCO1.I. The van der Waals surface area contributed by atoms with Gasteiger partial charge in [-0.05, 0) is 12.2 Å². The Kier molecular flexibility index (Phi) is 9.44. The van der Waals surface area contributed by atoms with Crippen molar-refractivity contribution in [2.45, 2.75) is 32.1 Å². The van der Waals surface area contributed by atoms with Gasteiger partial charge in [-0.15, -0.1) is 24.0 Å². The van der Waals surface area contributed by atoms with Gasteiger partial charge in [-0.3, -0.25) is 4.99 Å². The zero-order chi connectivity index (χ0) is 12.0. The number of thioether (sulfide) groups is 1. The van der Waals surface area contributed by atoms with Crippen LogP contribution in [0.5, 0.6) is 0 Å². The normalized spacial score (nSPS) is 21.5. The fourth-order valence-corrected chi connectivity index (χ4v) is 2.24. The Morgan fingerprint density at radius 1 is 1.59 bits per heavy atom. The molecule has 0 aromatic carbocycles. The molecule has 4 nitrogen and oxygen atoms in total. The lowest BCUT2D eigenvalue weighted by Gasteiger charge is -2.31. The molecule has 1 unspecified atom stereocenters. The molecule has 17 heavy (non-hydrogen) atoms. The van der Waals surface area contributed by atoms with Crippen LogP contribution in [0.15, 0.2) is 4.99 Å². The lowest BCUT2D eigenvalue weighted by atomic mass is 10.3. The smallest absolute Gasteiger partial charge is 0.191 e. The number of morpholine rings is 1. The predicted octanol–water partition coefficient (Wildman–Crippen LogP) is 1.78. The van der Waals surface area contributed by atoms with E-state index in [9.17, 15) is 0 Å². The Morgan fingerprint density at radius 3 is 2.88 bits per heavy atom. The standard InChI is InChI=1S/C11H23N3OS.HI/c1-9(2)16-7-4-13-11(12)14-5-6-15-10(3)8-14;/h9-10H,4-8H2,1-3H3,(H2,12,13);1H. The summed E-state index contributed by atoms with van der Waals surface area (Å²) in [6, 6.07) is 0. The van der Waals surface area contributed by atoms with Gasteiger partial charge in [-0.25, -0.2) is 0 Å². The zero-order valence-electron chi connectivity index (χ0n) is 10.9. The van der Waals surface area contributed by atoms with Crippen LogP contribution in [0.25, 0.3) is 0 Å². The molecule has 0 amide bonds. The van der Waals surface area contributed by atoms with E-state index in [1.54, 1.807) is 0 Å². The highest BCUT2D eigenvalue weighted by Crippen LogP contribution is 2.08. The minimum Gasteiger partial charge on any atom is -0.375 e. The van der Waals surface area contributed by atoms with Crippen LogP contribution in [0.1, 0.15) is 20.8 Å². The number of guanidine groups is 1. The van der Waals surface area contributed by atoms with Gasteiger partial charge < -0.3 is 15.4 Å². The summed E-state index contributed by atoms with van der Waals surface area (Å²) < 4.78 is 5.46. The van der Waals surface area contributed by atoms with E-state index >= 15 is 0 Å². The van der Waals surface area contributed by atoms with Crippen LogP contribution in [0.3, 0.4) is 0 Å². The number of hydrogen-bond donors (Lipinski definition) is 1. The van der Waals surface area contributed by atoms with Crippen molar-refractivity contribution >= 4 is 41.7 Å². The van der Waals surface area contributed by atoms with Crippen LogP contribution in [0.2, 0.25) is 0 Å². The van der Waals surface area contributed by atoms with Gasteiger partial charge in [0, 0.05) is 18.8 Å². The summed E-state index contributed by atoms with van der Waals surface area (Å²) in [6.07, 6.45) is 0.257. The molecule has 1 fully saturated rings. The summed E-state index contributed by atoms with van der Waals surface area (Å²) in [4.78, 5) is 6.50. The quantitative estimate of drug-likeness (QED) is 0.353. The van der Waals surface area contributed by atoms with Crippen LogP contribution in [-0.4, -0.2) is 54.2 Å². The minimum atomic E-state index is 0. The number of nitrogens with two attached hydrogens (primary N) is 1. The highest BCUT2D eigenvalue weighted by Gasteiger charge is 2.17. The number of rotatable bonds is 4. The molecule has 102 valence electrons. The second-order valence-corrected chi connectivity index (χ2v) is 5.97. The summed E-state index contributed by atoms with van der Waals surface area (Å²) in [5.41, 5.74) is 5.94. The molecule has 0 spiro atoms. The van der Waals surface area contributed by atoms with Crippen LogP contribution in [0.4, 0.5) is 0 Å². The van der Waals surface area contributed by atoms with E-state index in [4.69, 9.17) is 10.5 Å². The van der Waals surface area contributed by atoms with Crippen molar-refractivity contribution < 1.29 is 4.74 Å². The van der Waals surface area contributed by atoms with Gasteiger partial charge in [0.15, 0.2) is 5.96 Å². The number of nitrogens with zero attached hydrogens (tertiary/aromatic N) is 2. The monoisotopic (exact) mass is 373 g/mol. The molecule has 1 atom stereocenters. The van der Waals surface area contributed by atoms with Crippen molar-refractivity contribution in [2.75, 3.05) is 32.0 Å². The summed E-state index contributed by atoms with van der Waals surface area (Å²) in [5, 5.41) is 0.667. The Hall–Kier alpha value is 0.310. The molecule has 1 saturated heterocycles. The fraction of sp³-hybridized carbons (Fsp3) is 0.909. The highest BCUT2D eigenvalue weighted by atomic mass is 127. The van der Waals surface area contributed by atoms with Gasteiger partial charge >= 0.3 is 0 Å². The Morgan fingerprint density at radius 2 is 2.29 bits per heavy atom. The average molecular weight is 373 g/mol. The van der Waals surface area contributed by atoms with Crippen molar-refractivity contribution in [1.82, 2.24) is 4.90 Å². The third-order valence-corrected chi connectivity index (χ3v) is 3.47. The summed E-state index contributed by atoms with van der Waals surface area (Å²) in [6.45, 7) is 9.72. The summed E-state index contributed by atoms with van der Waals surface area (Å²) in [7, 11) is 0. The van der Waals surface area contributed by atoms with E-state index in [0.717, 1.165) is 32.0 Å². The first-order valence-corrected chi connectivity index (χ1v) is 6.92. The topological polar surface area (TPSA) is 50.8 Å². The molecule has 6 heteroatoms. The predicted molar refractivity (Wildman–Crippen MR) is 86.5 cm³/mol. The van der Waals surface area contributed by atoms with Crippen molar-refractivity contribution in [2.24, 2.45) is 10.7 Å². The van der Waals surface area contributed by atoms with E-state index in [-0.39, 0.29) is 30.1 Å². The largest absolute Gasteiger partial charge is 0.375 e. The first-order valence-electron chi connectivity index (χ1n) is 5.87. The first-order chi connectivity index (χ1) is 7.59. The maximum atomic E-state index is 5.94. The van der Waals surface area contributed by atoms with E-state index in [0.29, 0.717) is 11.2 Å². The van der Waals surface area contributed by atoms with Gasteiger partial charge in [-0.1, -0.05) is 13.8 Å². The molecule has 1 aliphatic rings. The molecular weight excluding hydrogens is 349 g/mol. The number of ether oxygens (including phenoxy) is 1. The Labute approximate surface area is 126 Å².